The predicted molar refractivity (Wildman–Crippen MR) is 113 cm³/mol. The van der Waals surface area contributed by atoms with Crippen molar-refractivity contribution in [3.8, 4) is 0 Å². The number of aromatic nitrogens is 2. The molecule has 0 bridgehead atoms. The second-order valence-corrected chi connectivity index (χ2v) is 8.39. The van der Waals surface area contributed by atoms with Gasteiger partial charge in [0.2, 0.25) is 21.9 Å². The van der Waals surface area contributed by atoms with Crippen LogP contribution in [0.1, 0.15) is 0 Å². The van der Waals surface area contributed by atoms with Crippen LogP contribution in [0, 0.1) is 0 Å². The molecule has 8 nitrogen and oxygen atoms in total. The number of rotatable bonds is 7. The van der Waals surface area contributed by atoms with Crippen LogP contribution >= 0.6 is 11.8 Å². The summed E-state index contributed by atoms with van der Waals surface area (Å²) in [6.45, 7) is 3.41. The van der Waals surface area contributed by atoms with Gasteiger partial charge in [-0.25, -0.2) is 23.5 Å². The molecular weight excluding hydrogens is 410 g/mol. The monoisotopic (exact) mass is 427 g/mol. The highest BCUT2D eigenvalue weighted by atomic mass is 32.2. The molecule has 4 N–H and O–H groups in total. The van der Waals surface area contributed by atoms with Crippen LogP contribution in [0.15, 0.2) is 88.3 Å². The Morgan fingerprint density at radius 1 is 1.03 bits per heavy atom. The molecule has 29 heavy (non-hydrogen) atoms. The van der Waals surface area contributed by atoms with Gasteiger partial charge in [0.05, 0.1) is 4.90 Å². The smallest absolute Gasteiger partial charge is 0.247 e. The highest BCUT2D eigenvalue weighted by molar-refractivity contribution is 7.99. The first-order chi connectivity index (χ1) is 13.8. The van der Waals surface area contributed by atoms with E-state index in [0.29, 0.717) is 22.3 Å². The molecular formula is C19H17N5O3S2. The van der Waals surface area contributed by atoms with Crippen molar-refractivity contribution >= 4 is 45.0 Å². The standard InChI is InChI=1S/C19H17N5O3S2/c1-2-17(25)22-13-3-7-15(8-4-13)28-18-11-12-21-19(24-18)23-14-5-9-16(10-6-14)29(20,26)27/h2-12H,1H2,(H,22,25)(H2,20,26,27)(H,21,23,24). The molecule has 10 heteroatoms. The van der Waals surface area contributed by atoms with Gasteiger partial charge >= 0.3 is 0 Å². The number of benzene rings is 2. The maximum atomic E-state index is 11.3. The van der Waals surface area contributed by atoms with Gasteiger partial charge in [0.1, 0.15) is 5.03 Å². The fourth-order valence-electron chi connectivity index (χ4n) is 2.24. The summed E-state index contributed by atoms with van der Waals surface area (Å²) in [5.41, 5.74) is 1.30. The molecule has 0 saturated heterocycles. The van der Waals surface area contributed by atoms with Crippen LogP contribution < -0.4 is 15.8 Å². The zero-order valence-electron chi connectivity index (χ0n) is 15.1. The van der Waals surface area contributed by atoms with Crippen molar-refractivity contribution in [2.75, 3.05) is 10.6 Å². The van der Waals surface area contributed by atoms with Crippen molar-refractivity contribution in [2.45, 2.75) is 14.8 Å². The van der Waals surface area contributed by atoms with Crippen LogP contribution in [-0.2, 0) is 14.8 Å². The van der Waals surface area contributed by atoms with Crippen molar-refractivity contribution in [3.63, 3.8) is 0 Å². The highest BCUT2D eigenvalue weighted by Gasteiger charge is 2.08. The molecule has 3 rings (SSSR count). The van der Waals surface area contributed by atoms with Crippen molar-refractivity contribution in [1.29, 1.82) is 0 Å². The van der Waals surface area contributed by atoms with E-state index in [4.69, 9.17) is 5.14 Å². The summed E-state index contributed by atoms with van der Waals surface area (Å²) in [4.78, 5) is 20.9. The van der Waals surface area contributed by atoms with Gasteiger partial charge in [0.15, 0.2) is 0 Å². The normalized spacial score (nSPS) is 10.9. The molecule has 1 aromatic heterocycles. The summed E-state index contributed by atoms with van der Waals surface area (Å²) in [6.07, 6.45) is 2.83. The van der Waals surface area contributed by atoms with Gasteiger partial charge in [-0.2, -0.15) is 0 Å². The van der Waals surface area contributed by atoms with Crippen molar-refractivity contribution in [2.24, 2.45) is 5.14 Å². The van der Waals surface area contributed by atoms with Crippen LogP contribution in [-0.4, -0.2) is 24.3 Å². The lowest BCUT2D eigenvalue weighted by Crippen LogP contribution is -2.11. The van der Waals surface area contributed by atoms with E-state index in [0.717, 1.165) is 4.90 Å². The maximum Gasteiger partial charge on any atom is 0.247 e. The number of carbonyl (C=O) groups excluding carboxylic acids is 1. The third-order valence-electron chi connectivity index (χ3n) is 3.60. The molecule has 0 fully saturated rings. The molecule has 148 valence electrons. The molecule has 0 atom stereocenters. The number of amides is 1. The lowest BCUT2D eigenvalue weighted by Gasteiger charge is -2.08. The average molecular weight is 428 g/mol. The predicted octanol–water partition coefficient (Wildman–Crippen LogP) is 3.14. The molecule has 0 saturated carbocycles. The number of nitrogens with two attached hydrogens (primary N) is 1. The van der Waals surface area contributed by atoms with E-state index < -0.39 is 10.0 Å². The zero-order valence-corrected chi connectivity index (χ0v) is 16.7. The molecule has 2 aromatic carbocycles. The van der Waals surface area contributed by atoms with E-state index in [1.165, 1.54) is 30.0 Å². The summed E-state index contributed by atoms with van der Waals surface area (Å²) >= 11 is 1.43. The molecule has 0 aliphatic rings. The molecule has 3 aromatic rings. The van der Waals surface area contributed by atoms with E-state index in [9.17, 15) is 13.2 Å². The van der Waals surface area contributed by atoms with E-state index >= 15 is 0 Å². The lowest BCUT2D eigenvalue weighted by atomic mass is 10.3. The van der Waals surface area contributed by atoms with Crippen molar-refractivity contribution in [1.82, 2.24) is 9.97 Å². The van der Waals surface area contributed by atoms with Gasteiger partial charge in [-0.15, -0.1) is 0 Å². The second-order valence-electron chi connectivity index (χ2n) is 5.73. The van der Waals surface area contributed by atoms with Gasteiger partial charge in [-0.05, 0) is 60.7 Å². The number of nitrogens with zero attached hydrogens (tertiary/aromatic N) is 2. The summed E-state index contributed by atoms with van der Waals surface area (Å²) in [6, 6.07) is 15.1. The maximum absolute atomic E-state index is 11.3. The average Bonchev–Trinajstić information content (AvgIpc) is 2.69. The van der Waals surface area contributed by atoms with Crippen LogP contribution in [0.4, 0.5) is 17.3 Å². The largest absolute Gasteiger partial charge is 0.324 e. The summed E-state index contributed by atoms with van der Waals surface area (Å²) < 4.78 is 22.6. The van der Waals surface area contributed by atoms with Crippen LogP contribution in [0.2, 0.25) is 0 Å². The van der Waals surface area contributed by atoms with Gasteiger partial charge in [0, 0.05) is 22.5 Å². The van der Waals surface area contributed by atoms with Gasteiger partial charge < -0.3 is 10.6 Å². The summed E-state index contributed by atoms with van der Waals surface area (Å²) in [7, 11) is -3.74. The van der Waals surface area contributed by atoms with Gasteiger partial charge in [-0.3, -0.25) is 4.79 Å². The Kier molecular flexibility index (Phi) is 6.27. The molecule has 0 spiro atoms. The van der Waals surface area contributed by atoms with Gasteiger partial charge in [-0.1, -0.05) is 18.3 Å². The van der Waals surface area contributed by atoms with Crippen molar-refractivity contribution in [3.05, 3.63) is 73.4 Å². The molecule has 0 radical (unpaired) electrons. The Morgan fingerprint density at radius 2 is 1.69 bits per heavy atom. The first-order valence-corrected chi connectivity index (χ1v) is 10.6. The fraction of sp³-hybridized carbons (Fsp3) is 0. The Morgan fingerprint density at radius 3 is 2.31 bits per heavy atom. The third kappa shape index (κ3) is 5.88. The summed E-state index contributed by atoms with van der Waals surface area (Å²) in [5, 5.41) is 11.5. The number of nitrogens with one attached hydrogen (secondary N) is 2. The SMILES string of the molecule is C=CC(=O)Nc1ccc(Sc2ccnc(Nc3ccc(S(N)(=O)=O)cc3)n2)cc1. The lowest BCUT2D eigenvalue weighted by molar-refractivity contribution is -0.111. The zero-order chi connectivity index (χ0) is 20.9. The highest BCUT2D eigenvalue weighted by Crippen LogP contribution is 2.28. The Balaban J connectivity index is 1.68. The first-order valence-electron chi connectivity index (χ1n) is 8.28. The quantitative estimate of drug-likeness (QED) is 0.390. The van der Waals surface area contributed by atoms with Crippen LogP contribution in [0.3, 0.4) is 0 Å². The van der Waals surface area contributed by atoms with E-state index in [2.05, 4.69) is 27.2 Å². The number of hydrogen-bond donors (Lipinski definition) is 3. The molecule has 0 unspecified atom stereocenters. The Bertz CT molecular complexity index is 1130. The molecule has 0 aliphatic carbocycles. The minimum Gasteiger partial charge on any atom is -0.324 e. The number of anilines is 3. The number of primary sulfonamides is 1. The Labute approximate surface area is 172 Å². The van der Waals surface area contributed by atoms with E-state index in [-0.39, 0.29) is 10.8 Å². The second kappa shape index (κ2) is 8.86. The van der Waals surface area contributed by atoms with E-state index in [1.807, 2.05) is 12.1 Å². The number of carbonyl (C=O) groups is 1. The third-order valence-corrected chi connectivity index (χ3v) is 5.47. The molecule has 0 aliphatic heterocycles. The summed E-state index contributed by atoms with van der Waals surface area (Å²) in [5.74, 6) is 0.0993. The molecule has 1 amide bonds. The first kappa shape index (κ1) is 20.5. The topological polar surface area (TPSA) is 127 Å². The van der Waals surface area contributed by atoms with Crippen LogP contribution in [0.5, 0.6) is 0 Å². The fourth-order valence-corrected chi connectivity index (χ4v) is 3.53. The minimum atomic E-state index is -3.74. The Hall–Kier alpha value is -3.21. The number of sulfonamides is 1. The van der Waals surface area contributed by atoms with Crippen LogP contribution in [0.25, 0.3) is 0 Å². The number of hydrogen-bond acceptors (Lipinski definition) is 7. The van der Waals surface area contributed by atoms with E-state index in [1.54, 1.807) is 36.5 Å². The van der Waals surface area contributed by atoms with Crippen molar-refractivity contribution < 1.29 is 13.2 Å². The molecule has 1 heterocycles. The minimum absolute atomic E-state index is 0.0287. The van der Waals surface area contributed by atoms with Gasteiger partial charge in [0.25, 0.3) is 0 Å².